The molecule has 128 valence electrons. The van der Waals surface area contributed by atoms with Crippen molar-refractivity contribution in [2.24, 2.45) is 10.5 Å². The van der Waals surface area contributed by atoms with E-state index in [-0.39, 0.29) is 11.6 Å². The van der Waals surface area contributed by atoms with Crippen molar-refractivity contribution in [3.05, 3.63) is 59.6 Å². The van der Waals surface area contributed by atoms with Crippen molar-refractivity contribution in [3.8, 4) is 12.5 Å². The molecule has 0 spiro atoms. The number of anilines is 2. The Kier molecular flexibility index (Phi) is 5.84. The summed E-state index contributed by atoms with van der Waals surface area (Å²) in [5.41, 5.74) is 0.780. The summed E-state index contributed by atoms with van der Waals surface area (Å²) in [6.45, 7) is 5.49. The maximum absolute atomic E-state index is 12.8. The van der Waals surface area contributed by atoms with Crippen LogP contribution in [0.1, 0.15) is 20.8 Å². The first-order valence-electron chi connectivity index (χ1n) is 7.78. The highest BCUT2D eigenvalue weighted by atomic mass is 35.5. The molecule has 0 bridgehead atoms. The number of Topliss-reactive ketones (excluding diaryl/α,β-unsaturated/α-hetero) is 1. The summed E-state index contributed by atoms with van der Waals surface area (Å²) in [4.78, 5) is 12.8. The molecule has 1 N–H and O–H groups in total. The molecule has 0 saturated carbocycles. The molecule has 0 amide bonds. The minimum atomic E-state index is -0.616. The van der Waals surface area contributed by atoms with Crippen molar-refractivity contribution in [3.63, 3.8) is 0 Å². The van der Waals surface area contributed by atoms with Gasteiger partial charge >= 0.3 is 0 Å². The molecule has 25 heavy (non-hydrogen) atoms. The lowest BCUT2D eigenvalue weighted by Gasteiger charge is -2.21. The second-order valence-corrected chi connectivity index (χ2v) is 6.87. The number of hydrazone groups is 1. The quantitative estimate of drug-likeness (QED) is 0.283. The molecular weight excluding hydrogens is 334 g/mol. The zero-order valence-corrected chi connectivity index (χ0v) is 15.2. The van der Waals surface area contributed by atoms with Gasteiger partial charge in [0.15, 0.2) is 5.84 Å². The number of nitrogens with one attached hydrogen (secondary N) is 1. The average Bonchev–Trinajstić information content (AvgIpc) is 2.59. The number of para-hydroxylation sites is 1. The predicted molar refractivity (Wildman–Crippen MR) is 105 cm³/mol. The third-order valence-electron chi connectivity index (χ3n) is 3.33. The van der Waals surface area contributed by atoms with Gasteiger partial charge in [-0.25, -0.2) is 0 Å². The van der Waals surface area contributed by atoms with E-state index in [0.717, 1.165) is 0 Å². The average molecular weight is 354 g/mol. The van der Waals surface area contributed by atoms with E-state index >= 15 is 0 Å². The van der Waals surface area contributed by atoms with E-state index in [0.29, 0.717) is 16.4 Å². The standard InChI is InChI=1S/C20H20ClN3O/c1-5-24(17-9-7-6-8-10-17)23-19(18(25)20(2,3)4)22-16-13-11-15(21)12-14-16/h1,6-14H,2-4H3,(H,22,23). The SMILES string of the molecule is C#CN(N=C(Nc1ccc(Cl)cc1)C(=O)C(C)(C)C)c1ccccc1. The molecule has 0 unspecified atom stereocenters. The molecule has 0 aliphatic carbocycles. The molecule has 2 aromatic rings. The Balaban J connectivity index is 2.41. The monoisotopic (exact) mass is 353 g/mol. The summed E-state index contributed by atoms with van der Waals surface area (Å²) in [5.74, 6) is 0.00950. The summed E-state index contributed by atoms with van der Waals surface area (Å²) < 4.78 is 0. The van der Waals surface area contributed by atoms with Gasteiger partial charge < -0.3 is 5.32 Å². The van der Waals surface area contributed by atoms with E-state index in [1.165, 1.54) is 5.01 Å². The highest BCUT2D eigenvalue weighted by molar-refractivity contribution is 6.44. The molecule has 0 heterocycles. The summed E-state index contributed by atoms with van der Waals surface area (Å²) in [6, 6.07) is 18.7. The Morgan fingerprint density at radius 1 is 1.12 bits per heavy atom. The first kappa shape index (κ1) is 18.6. The normalized spacial score (nSPS) is 11.6. The van der Waals surface area contributed by atoms with Crippen molar-refractivity contribution in [1.29, 1.82) is 0 Å². The Morgan fingerprint density at radius 2 is 1.72 bits per heavy atom. The maximum atomic E-state index is 12.8. The van der Waals surface area contributed by atoms with Gasteiger partial charge in [-0.05, 0) is 36.4 Å². The van der Waals surface area contributed by atoms with Crippen LogP contribution in [0.4, 0.5) is 11.4 Å². The molecule has 4 nitrogen and oxygen atoms in total. The van der Waals surface area contributed by atoms with Crippen LogP contribution in [0.15, 0.2) is 59.7 Å². The van der Waals surface area contributed by atoms with Crippen LogP contribution < -0.4 is 10.3 Å². The van der Waals surface area contributed by atoms with Gasteiger partial charge in [0.2, 0.25) is 5.78 Å². The van der Waals surface area contributed by atoms with Crippen LogP contribution in [-0.4, -0.2) is 11.6 Å². The molecule has 0 saturated heterocycles. The molecule has 0 atom stereocenters. The third kappa shape index (κ3) is 5.10. The molecular formula is C20H20ClN3O. The summed E-state index contributed by atoms with van der Waals surface area (Å²) in [7, 11) is 0. The molecule has 2 aromatic carbocycles. The van der Waals surface area contributed by atoms with Crippen LogP contribution in [0.3, 0.4) is 0 Å². The fourth-order valence-corrected chi connectivity index (χ4v) is 2.11. The fourth-order valence-electron chi connectivity index (χ4n) is 1.98. The number of ketones is 1. The first-order valence-corrected chi connectivity index (χ1v) is 8.16. The molecule has 5 heteroatoms. The van der Waals surface area contributed by atoms with Gasteiger partial charge in [-0.2, -0.15) is 5.01 Å². The molecule has 0 fully saturated rings. The molecule has 0 aliphatic rings. The van der Waals surface area contributed by atoms with Crippen molar-refractivity contribution in [1.82, 2.24) is 0 Å². The van der Waals surface area contributed by atoms with Gasteiger partial charge in [0.25, 0.3) is 0 Å². The van der Waals surface area contributed by atoms with E-state index in [1.807, 2.05) is 51.1 Å². The number of terminal acetylenes is 1. The number of rotatable bonds is 4. The second kappa shape index (κ2) is 7.87. The number of nitrogens with zero attached hydrogens (tertiary/aromatic N) is 2. The first-order chi connectivity index (χ1) is 11.8. The van der Waals surface area contributed by atoms with E-state index in [9.17, 15) is 4.79 Å². The summed E-state index contributed by atoms with van der Waals surface area (Å²) >= 11 is 5.91. The van der Waals surface area contributed by atoms with Crippen LogP contribution in [-0.2, 0) is 4.79 Å². The molecule has 0 radical (unpaired) electrons. The smallest absolute Gasteiger partial charge is 0.205 e. The topological polar surface area (TPSA) is 44.7 Å². The second-order valence-electron chi connectivity index (χ2n) is 6.44. The number of benzene rings is 2. The van der Waals surface area contributed by atoms with Gasteiger partial charge in [0.05, 0.1) is 5.69 Å². The lowest BCUT2D eigenvalue weighted by molar-refractivity contribution is -0.119. The van der Waals surface area contributed by atoms with E-state index in [4.69, 9.17) is 18.0 Å². The highest BCUT2D eigenvalue weighted by Gasteiger charge is 2.27. The molecule has 2 rings (SSSR count). The van der Waals surface area contributed by atoms with Gasteiger partial charge in [-0.1, -0.05) is 57.0 Å². The Labute approximate surface area is 153 Å². The van der Waals surface area contributed by atoms with Crippen LogP contribution in [0.25, 0.3) is 0 Å². The Hall–Kier alpha value is -2.77. The number of hydrogen-bond donors (Lipinski definition) is 1. The van der Waals surface area contributed by atoms with Gasteiger partial charge in [0, 0.05) is 22.2 Å². The lowest BCUT2D eigenvalue weighted by Crippen LogP contribution is -2.35. The number of amidine groups is 1. The fraction of sp³-hybridized carbons (Fsp3) is 0.200. The van der Waals surface area contributed by atoms with Crippen LogP contribution in [0, 0.1) is 17.9 Å². The predicted octanol–water partition coefficient (Wildman–Crippen LogP) is 4.78. The molecule has 0 aliphatic heterocycles. The van der Waals surface area contributed by atoms with Crippen molar-refractivity contribution < 1.29 is 4.79 Å². The van der Waals surface area contributed by atoms with E-state index in [2.05, 4.69) is 16.5 Å². The van der Waals surface area contributed by atoms with Gasteiger partial charge in [-0.15, -0.1) is 5.10 Å². The van der Waals surface area contributed by atoms with Crippen LogP contribution in [0.2, 0.25) is 5.02 Å². The Morgan fingerprint density at radius 3 is 2.24 bits per heavy atom. The minimum absolute atomic E-state index is 0.154. The van der Waals surface area contributed by atoms with E-state index < -0.39 is 5.41 Å². The maximum Gasteiger partial charge on any atom is 0.205 e. The zero-order valence-electron chi connectivity index (χ0n) is 14.5. The van der Waals surface area contributed by atoms with Crippen LogP contribution in [0.5, 0.6) is 0 Å². The summed E-state index contributed by atoms with van der Waals surface area (Å²) in [5, 5.41) is 9.37. The summed E-state index contributed by atoms with van der Waals surface area (Å²) in [6.07, 6.45) is 5.59. The lowest BCUT2D eigenvalue weighted by atomic mass is 9.90. The number of carbonyl (C=O) groups excluding carboxylic acids is 1. The molecule has 0 aromatic heterocycles. The van der Waals surface area contributed by atoms with Crippen LogP contribution >= 0.6 is 11.6 Å². The van der Waals surface area contributed by atoms with E-state index in [1.54, 1.807) is 24.3 Å². The van der Waals surface area contributed by atoms with Crippen molar-refractivity contribution >= 4 is 34.6 Å². The number of halogens is 1. The van der Waals surface area contributed by atoms with Crippen molar-refractivity contribution in [2.45, 2.75) is 20.8 Å². The Bertz CT molecular complexity index is 800. The zero-order chi connectivity index (χ0) is 18.4. The van der Waals surface area contributed by atoms with Gasteiger partial charge in [-0.3, -0.25) is 4.79 Å². The third-order valence-corrected chi connectivity index (χ3v) is 3.58. The number of hydrogen-bond acceptors (Lipinski definition) is 3. The van der Waals surface area contributed by atoms with Crippen molar-refractivity contribution in [2.75, 3.05) is 10.3 Å². The highest BCUT2D eigenvalue weighted by Crippen LogP contribution is 2.20. The minimum Gasteiger partial charge on any atom is -0.336 e. The largest absolute Gasteiger partial charge is 0.336 e. The van der Waals surface area contributed by atoms with Gasteiger partial charge in [0.1, 0.15) is 0 Å². The number of carbonyl (C=O) groups is 1.